The van der Waals surface area contributed by atoms with Crippen molar-refractivity contribution in [2.24, 2.45) is 0 Å². The predicted octanol–water partition coefficient (Wildman–Crippen LogP) is 3.54. The van der Waals surface area contributed by atoms with Crippen molar-refractivity contribution in [3.05, 3.63) is 64.7 Å². The lowest BCUT2D eigenvalue weighted by Gasteiger charge is -2.11. The number of anilines is 4. The number of para-hydroxylation sites is 1. The van der Waals surface area contributed by atoms with Crippen molar-refractivity contribution in [1.29, 1.82) is 0 Å². The number of nitrogens with two attached hydrogens (primary N) is 1. The lowest BCUT2D eigenvalue weighted by atomic mass is 10.3. The van der Waals surface area contributed by atoms with E-state index in [0.29, 0.717) is 17.2 Å². The van der Waals surface area contributed by atoms with Gasteiger partial charge in [0.05, 0.1) is 4.92 Å². The topological polar surface area (TPSA) is 128 Å². The molecule has 3 aromatic rings. The number of hydrogen-bond acceptors (Lipinski definition) is 8. The second-order valence-electron chi connectivity index (χ2n) is 5.20. The zero-order valence-corrected chi connectivity index (χ0v) is 13.8. The van der Waals surface area contributed by atoms with Crippen LogP contribution in [0.25, 0.3) is 0 Å². The maximum Gasteiger partial charge on any atom is 0.353 e. The molecular weight excluding hydrogens is 336 g/mol. The SMILES string of the molecule is CNc1nc(N)c([N+](=O)[O-])c(Nc2cccc(Oc3ccccc3)c2)n1. The number of nitrogen functional groups attached to an aromatic ring is 1. The third kappa shape index (κ3) is 3.78. The van der Waals surface area contributed by atoms with E-state index >= 15 is 0 Å². The molecule has 0 atom stereocenters. The molecule has 0 radical (unpaired) electrons. The predicted molar refractivity (Wildman–Crippen MR) is 98.9 cm³/mol. The van der Waals surface area contributed by atoms with E-state index in [9.17, 15) is 10.1 Å². The molecule has 0 spiro atoms. The summed E-state index contributed by atoms with van der Waals surface area (Å²) in [7, 11) is 1.60. The van der Waals surface area contributed by atoms with Crippen LogP contribution in [-0.4, -0.2) is 21.9 Å². The first kappa shape index (κ1) is 17.0. The number of rotatable bonds is 6. The molecule has 0 amide bonds. The monoisotopic (exact) mass is 352 g/mol. The Morgan fingerprint density at radius 1 is 1.08 bits per heavy atom. The van der Waals surface area contributed by atoms with Gasteiger partial charge in [0.15, 0.2) is 0 Å². The molecule has 9 nitrogen and oxygen atoms in total. The fraction of sp³-hybridized carbons (Fsp3) is 0.0588. The molecule has 9 heteroatoms. The average Bonchev–Trinajstić information content (AvgIpc) is 2.62. The Kier molecular flexibility index (Phi) is 4.79. The molecular formula is C17H16N6O3. The molecule has 0 aliphatic rings. The van der Waals surface area contributed by atoms with Gasteiger partial charge in [-0.05, 0) is 24.3 Å². The van der Waals surface area contributed by atoms with Crippen molar-refractivity contribution in [2.45, 2.75) is 0 Å². The molecule has 0 saturated heterocycles. The summed E-state index contributed by atoms with van der Waals surface area (Å²) in [6, 6.07) is 16.3. The Balaban J connectivity index is 1.91. The van der Waals surface area contributed by atoms with Crippen LogP contribution in [0.5, 0.6) is 11.5 Å². The molecule has 0 aliphatic carbocycles. The van der Waals surface area contributed by atoms with E-state index in [-0.39, 0.29) is 17.6 Å². The van der Waals surface area contributed by atoms with E-state index in [1.165, 1.54) is 0 Å². The molecule has 0 unspecified atom stereocenters. The van der Waals surface area contributed by atoms with Crippen LogP contribution >= 0.6 is 0 Å². The number of nitro groups is 1. The van der Waals surface area contributed by atoms with E-state index < -0.39 is 10.6 Å². The van der Waals surface area contributed by atoms with E-state index in [4.69, 9.17) is 10.5 Å². The van der Waals surface area contributed by atoms with E-state index in [2.05, 4.69) is 20.6 Å². The van der Waals surface area contributed by atoms with Gasteiger partial charge in [-0.25, -0.2) is 0 Å². The molecule has 3 rings (SSSR count). The Morgan fingerprint density at radius 2 is 1.81 bits per heavy atom. The summed E-state index contributed by atoms with van der Waals surface area (Å²) in [6.45, 7) is 0. The van der Waals surface area contributed by atoms with Gasteiger partial charge in [-0.15, -0.1) is 0 Å². The lowest BCUT2D eigenvalue weighted by molar-refractivity contribution is -0.383. The molecule has 26 heavy (non-hydrogen) atoms. The van der Waals surface area contributed by atoms with E-state index in [0.717, 1.165) is 0 Å². The number of nitrogens with one attached hydrogen (secondary N) is 2. The molecule has 1 aromatic heterocycles. The van der Waals surface area contributed by atoms with Gasteiger partial charge in [0.1, 0.15) is 11.5 Å². The fourth-order valence-corrected chi connectivity index (χ4v) is 2.25. The van der Waals surface area contributed by atoms with Crippen molar-refractivity contribution < 1.29 is 9.66 Å². The number of hydrogen-bond donors (Lipinski definition) is 3. The Hall–Kier alpha value is -3.88. The van der Waals surface area contributed by atoms with Gasteiger partial charge in [0, 0.05) is 18.8 Å². The van der Waals surface area contributed by atoms with Crippen LogP contribution in [0.15, 0.2) is 54.6 Å². The minimum atomic E-state index is -0.624. The number of nitrogens with zero attached hydrogens (tertiary/aromatic N) is 3. The summed E-state index contributed by atoms with van der Waals surface area (Å²) in [5, 5.41) is 16.9. The van der Waals surface area contributed by atoms with Gasteiger partial charge in [0.25, 0.3) is 0 Å². The molecule has 132 valence electrons. The van der Waals surface area contributed by atoms with Gasteiger partial charge in [-0.1, -0.05) is 24.3 Å². The van der Waals surface area contributed by atoms with Crippen LogP contribution in [0, 0.1) is 10.1 Å². The molecule has 0 bridgehead atoms. The highest BCUT2D eigenvalue weighted by atomic mass is 16.6. The molecule has 0 saturated carbocycles. The summed E-state index contributed by atoms with van der Waals surface area (Å²) >= 11 is 0. The molecule has 0 fully saturated rings. The summed E-state index contributed by atoms with van der Waals surface area (Å²) in [4.78, 5) is 18.6. The van der Waals surface area contributed by atoms with Gasteiger partial charge >= 0.3 is 5.69 Å². The Morgan fingerprint density at radius 3 is 2.50 bits per heavy atom. The first-order chi connectivity index (χ1) is 12.6. The molecule has 0 aliphatic heterocycles. The van der Waals surface area contributed by atoms with Crippen molar-refractivity contribution >= 4 is 29.0 Å². The van der Waals surface area contributed by atoms with Gasteiger partial charge in [-0.2, -0.15) is 9.97 Å². The summed E-state index contributed by atoms with van der Waals surface area (Å²) in [6.07, 6.45) is 0. The lowest BCUT2D eigenvalue weighted by Crippen LogP contribution is -2.08. The van der Waals surface area contributed by atoms with Crippen LogP contribution in [-0.2, 0) is 0 Å². The highest BCUT2D eigenvalue weighted by Crippen LogP contribution is 2.32. The standard InChI is InChI=1S/C17H16N6O3/c1-19-17-21-15(18)14(23(24)25)16(22-17)20-11-6-5-9-13(10-11)26-12-7-3-2-4-8-12/h2-10H,1H3,(H4,18,19,20,21,22). The average molecular weight is 352 g/mol. The Bertz CT molecular complexity index is 933. The molecule has 1 heterocycles. The number of benzene rings is 2. The highest BCUT2D eigenvalue weighted by molar-refractivity contribution is 5.74. The molecule has 4 N–H and O–H groups in total. The first-order valence-electron chi connectivity index (χ1n) is 7.66. The van der Waals surface area contributed by atoms with Crippen LogP contribution in [0.2, 0.25) is 0 Å². The van der Waals surface area contributed by atoms with Crippen molar-refractivity contribution in [3.63, 3.8) is 0 Å². The van der Waals surface area contributed by atoms with Crippen LogP contribution < -0.4 is 21.1 Å². The Labute approximate surface area is 149 Å². The first-order valence-corrected chi connectivity index (χ1v) is 7.66. The second-order valence-corrected chi connectivity index (χ2v) is 5.20. The van der Waals surface area contributed by atoms with Gasteiger partial charge < -0.3 is 21.1 Å². The quantitative estimate of drug-likeness (QED) is 0.454. The fourth-order valence-electron chi connectivity index (χ4n) is 2.25. The van der Waals surface area contributed by atoms with Gasteiger partial charge in [-0.3, -0.25) is 10.1 Å². The number of ether oxygens (including phenoxy) is 1. The van der Waals surface area contributed by atoms with E-state index in [1.54, 1.807) is 31.3 Å². The van der Waals surface area contributed by atoms with Gasteiger partial charge in [0.2, 0.25) is 17.6 Å². The minimum Gasteiger partial charge on any atom is -0.457 e. The van der Waals surface area contributed by atoms with Crippen molar-refractivity contribution in [1.82, 2.24) is 9.97 Å². The second kappa shape index (κ2) is 7.34. The maximum atomic E-state index is 11.3. The van der Waals surface area contributed by atoms with Crippen LogP contribution in [0.3, 0.4) is 0 Å². The molecule has 2 aromatic carbocycles. The zero-order valence-electron chi connectivity index (χ0n) is 13.8. The third-order valence-electron chi connectivity index (χ3n) is 3.39. The van der Waals surface area contributed by atoms with Crippen LogP contribution in [0.1, 0.15) is 0 Å². The maximum absolute atomic E-state index is 11.3. The zero-order chi connectivity index (χ0) is 18.5. The summed E-state index contributed by atoms with van der Waals surface area (Å²) in [5.41, 5.74) is 5.85. The minimum absolute atomic E-state index is 0.0105. The third-order valence-corrected chi connectivity index (χ3v) is 3.39. The van der Waals surface area contributed by atoms with E-state index in [1.807, 2.05) is 30.3 Å². The normalized spacial score (nSPS) is 10.2. The van der Waals surface area contributed by atoms with Crippen molar-refractivity contribution in [2.75, 3.05) is 23.4 Å². The number of aromatic nitrogens is 2. The smallest absolute Gasteiger partial charge is 0.353 e. The van der Waals surface area contributed by atoms with Crippen LogP contribution in [0.4, 0.5) is 29.0 Å². The largest absolute Gasteiger partial charge is 0.457 e. The van der Waals surface area contributed by atoms with Crippen molar-refractivity contribution in [3.8, 4) is 11.5 Å². The summed E-state index contributed by atoms with van der Waals surface area (Å²) in [5.74, 6) is 1.18. The summed E-state index contributed by atoms with van der Waals surface area (Å²) < 4.78 is 5.76. The highest BCUT2D eigenvalue weighted by Gasteiger charge is 2.23.